The van der Waals surface area contributed by atoms with E-state index in [9.17, 15) is 0 Å². The van der Waals surface area contributed by atoms with Crippen LogP contribution in [-0.4, -0.2) is 24.2 Å². The highest BCUT2D eigenvalue weighted by Crippen LogP contribution is 2.28. The molecule has 0 saturated heterocycles. The average Bonchev–Trinajstić information content (AvgIpc) is 2.52. The normalized spacial score (nSPS) is 13.6. The molecule has 0 radical (unpaired) electrons. The second-order valence-corrected chi connectivity index (χ2v) is 7.11. The van der Waals surface area contributed by atoms with E-state index in [-0.39, 0.29) is 5.54 Å². The van der Waals surface area contributed by atoms with Crippen LogP contribution in [0.4, 0.5) is 0 Å². The van der Waals surface area contributed by atoms with Gasteiger partial charge in [-0.25, -0.2) is 4.98 Å². The molecule has 2 aromatic rings. The highest BCUT2D eigenvalue weighted by molar-refractivity contribution is 5.66. The van der Waals surface area contributed by atoms with Crippen molar-refractivity contribution in [3.8, 4) is 22.8 Å². The summed E-state index contributed by atoms with van der Waals surface area (Å²) in [6.45, 7) is 8.95. The van der Waals surface area contributed by atoms with Gasteiger partial charge in [0.2, 0.25) is 5.88 Å². The van der Waals surface area contributed by atoms with Crippen LogP contribution >= 0.6 is 0 Å². The van der Waals surface area contributed by atoms with Crippen LogP contribution in [-0.2, 0) is 0 Å². The number of pyridine rings is 1. The van der Waals surface area contributed by atoms with Crippen LogP contribution in [0.5, 0.6) is 11.6 Å². The highest BCUT2D eigenvalue weighted by atomic mass is 16.5. The minimum atomic E-state index is -0.322. The molecular weight excluding hydrogens is 300 g/mol. The quantitative estimate of drug-likeness (QED) is 0.827. The lowest BCUT2D eigenvalue weighted by atomic mass is 9.93. The van der Waals surface area contributed by atoms with E-state index in [0.717, 1.165) is 28.9 Å². The van der Waals surface area contributed by atoms with E-state index >= 15 is 0 Å². The van der Waals surface area contributed by atoms with Gasteiger partial charge in [0.25, 0.3) is 0 Å². The van der Waals surface area contributed by atoms with Gasteiger partial charge in [0.15, 0.2) is 0 Å². The summed E-state index contributed by atoms with van der Waals surface area (Å²) >= 11 is 0. The first-order valence-electron chi connectivity index (χ1n) is 8.33. The van der Waals surface area contributed by atoms with Crippen LogP contribution in [0.3, 0.4) is 0 Å². The van der Waals surface area contributed by atoms with E-state index in [2.05, 4.69) is 24.9 Å². The lowest BCUT2D eigenvalue weighted by molar-refractivity contribution is 0.206. The maximum atomic E-state index is 6.32. The number of hydrogen-bond acceptors (Lipinski definition) is 4. The third-order valence-electron chi connectivity index (χ3n) is 3.88. The Bertz CT molecular complexity index is 681. The molecular formula is C20H28N2O2. The van der Waals surface area contributed by atoms with Crippen LogP contribution in [0.1, 0.15) is 32.8 Å². The molecule has 4 nitrogen and oxygen atoms in total. The van der Waals surface area contributed by atoms with E-state index in [1.165, 1.54) is 0 Å². The van der Waals surface area contributed by atoms with E-state index in [4.69, 9.17) is 15.2 Å². The van der Waals surface area contributed by atoms with Gasteiger partial charge in [-0.15, -0.1) is 0 Å². The molecule has 24 heavy (non-hydrogen) atoms. The van der Waals surface area contributed by atoms with Crippen molar-refractivity contribution in [2.45, 2.75) is 39.7 Å². The third-order valence-corrected chi connectivity index (χ3v) is 3.88. The number of ether oxygens (including phenoxy) is 2. The molecule has 1 aromatic carbocycles. The number of benzene rings is 1. The molecule has 0 aliphatic rings. The minimum Gasteiger partial charge on any atom is -0.491 e. The second kappa shape index (κ2) is 7.67. The van der Waals surface area contributed by atoms with Crippen LogP contribution < -0.4 is 15.2 Å². The van der Waals surface area contributed by atoms with Gasteiger partial charge >= 0.3 is 0 Å². The van der Waals surface area contributed by atoms with Crippen molar-refractivity contribution in [1.29, 1.82) is 0 Å². The molecule has 1 unspecified atom stereocenters. The molecule has 0 amide bonds. The van der Waals surface area contributed by atoms with E-state index in [1.807, 2.05) is 38.1 Å². The first-order chi connectivity index (χ1) is 11.3. The van der Waals surface area contributed by atoms with Gasteiger partial charge in [0.05, 0.1) is 7.11 Å². The molecule has 0 spiro atoms. The van der Waals surface area contributed by atoms with Crippen molar-refractivity contribution in [3.05, 3.63) is 42.1 Å². The molecule has 2 N–H and O–H groups in total. The summed E-state index contributed by atoms with van der Waals surface area (Å²) < 4.78 is 11.2. The first kappa shape index (κ1) is 18.3. The zero-order valence-electron chi connectivity index (χ0n) is 15.3. The van der Waals surface area contributed by atoms with Crippen molar-refractivity contribution in [1.82, 2.24) is 4.98 Å². The Labute approximate surface area is 145 Å². The predicted molar refractivity (Wildman–Crippen MR) is 98.5 cm³/mol. The first-order valence-corrected chi connectivity index (χ1v) is 8.33. The minimum absolute atomic E-state index is 0.322. The summed E-state index contributed by atoms with van der Waals surface area (Å²) in [7, 11) is 1.62. The van der Waals surface area contributed by atoms with E-state index in [1.54, 1.807) is 13.3 Å². The third kappa shape index (κ3) is 4.96. The molecule has 0 aliphatic heterocycles. The van der Waals surface area contributed by atoms with Crippen molar-refractivity contribution < 1.29 is 9.47 Å². The molecule has 0 saturated carbocycles. The number of rotatable bonds is 7. The summed E-state index contributed by atoms with van der Waals surface area (Å²) in [4.78, 5) is 4.14. The predicted octanol–water partition coefficient (Wildman–Crippen LogP) is 4.21. The Morgan fingerprint density at radius 3 is 2.50 bits per heavy atom. The fourth-order valence-corrected chi connectivity index (χ4v) is 2.93. The summed E-state index contributed by atoms with van der Waals surface area (Å²) in [5.74, 6) is 2.03. The van der Waals surface area contributed by atoms with Gasteiger partial charge in [-0.05, 0) is 61.1 Å². The summed E-state index contributed by atoms with van der Waals surface area (Å²) in [5, 5.41) is 0. The maximum absolute atomic E-state index is 6.32. The second-order valence-electron chi connectivity index (χ2n) is 7.11. The maximum Gasteiger partial charge on any atom is 0.213 e. The lowest BCUT2D eigenvalue weighted by Gasteiger charge is -2.27. The van der Waals surface area contributed by atoms with Crippen molar-refractivity contribution in [3.63, 3.8) is 0 Å². The number of nitrogens with zero attached hydrogens (tertiary/aromatic N) is 1. The number of methoxy groups -OCH3 is 1. The van der Waals surface area contributed by atoms with Gasteiger partial charge < -0.3 is 15.2 Å². The zero-order chi connectivity index (χ0) is 17.7. The Morgan fingerprint density at radius 2 is 1.88 bits per heavy atom. The Kier molecular flexibility index (Phi) is 5.84. The highest BCUT2D eigenvalue weighted by Gasteiger charge is 2.21. The molecule has 1 heterocycles. The number of aryl methyl sites for hydroxylation is 1. The summed E-state index contributed by atoms with van der Waals surface area (Å²) in [5.41, 5.74) is 9.27. The number of hydrogen-bond donors (Lipinski definition) is 1. The van der Waals surface area contributed by atoms with Gasteiger partial charge in [-0.3, -0.25) is 0 Å². The van der Waals surface area contributed by atoms with Crippen LogP contribution in [0.15, 0.2) is 36.5 Å². The molecule has 0 bridgehead atoms. The number of aromatic nitrogens is 1. The van der Waals surface area contributed by atoms with Crippen LogP contribution in [0.2, 0.25) is 0 Å². The van der Waals surface area contributed by atoms with E-state index in [0.29, 0.717) is 18.4 Å². The van der Waals surface area contributed by atoms with Crippen molar-refractivity contribution in [2.24, 2.45) is 11.7 Å². The monoisotopic (exact) mass is 328 g/mol. The van der Waals surface area contributed by atoms with E-state index < -0.39 is 0 Å². The average molecular weight is 328 g/mol. The molecule has 0 aliphatic carbocycles. The Hall–Kier alpha value is -2.07. The van der Waals surface area contributed by atoms with Gasteiger partial charge in [0.1, 0.15) is 12.4 Å². The molecule has 2 rings (SSSR count). The SMILES string of the molecule is COc1cc(-c2ccc(OCC(C)(N)CC(C)C)c(C)c2)ccn1. The zero-order valence-corrected chi connectivity index (χ0v) is 15.3. The molecule has 4 heteroatoms. The fourth-order valence-electron chi connectivity index (χ4n) is 2.93. The Balaban J connectivity index is 2.12. The topological polar surface area (TPSA) is 57.4 Å². The van der Waals surface area contributed by atoms with Crippen LogP contribution in [0, 0.1) is 12.8 Å². The smallest absolute Gasteiger partial charge is 0.213 e. The standard InChI is InChI=1S/C20H28N2O2/c1-14(2)12-20(4,21)13-24-18-7-6-16(10-15(18)3)17-8-9-22-19(11-17)23-5/h6-11,14H,12-13,21H2,1-5H3. The molecule has 0 fully saturated rings. The molecule has 1 atom stereocenters. The Morgan fingerprint density at radius 1 is 1.17 bits per heavy atom. The van der Waals surface area contributed by atoms with Gasteiger partial charge in [-0.2, -0.15) is 0 Å². The van der Waals surface area contributed by atoms with Crippen molar-refractivity contribution in [2.75, 3.05) is 13.7 Å². The van der Waals surface area contributed by atoms with Crippen LogP contribution in [0.25, 0.3) is 11.1 Å². The largest absolute Gasteiger partial charge is 0.491 e. The van der Waals surface area contributed by atoms with Crippen molar-refractivity contribution >= 4 is 0 Å². The summed E-state index contributed by atoms with van der Waals surface area (Å²) in [6.07, 6.45) is 2.68. The summed E-state index contributed by atoms with van der Waals surface area (Å²) in [6, 6.07) is 10.1. The van der Waals surface area contributed by atoms with Gasteiger partial charge in [-0.1, -0.05) is 19.9 Å². The fraction of sp³-hybridized carbons (Fsp3) is 0.450. The van der Waals surface area contributed by atoms with Gasteiger partial charge in [0, 0.05) is 17.8 Å². The number of nitrogens with two attached hydrogens (primary N) is 1. The molecule has 130 valence electrons. The lowest BCUT2D eigenvalue weighted by Crippen LogP contribution is -2.43. The molecule has 1 aromatic heterocycles.